The minimum absolute atomic E-state index is 0.0968. The highest BCUT2D eigenvalue weighted by molar-refractivity contribution is 5.95. The first-order valence-electron chi connectivity index (χ1n) is 6.61. The Hall–Kier alpha value is -2.11. The van der Waals surface area contributed by atoms with Crippen LogP contribution in [0.5, 0.6) is 23.0 Å². The first-order valence-corrected chi connectivity index (χ1v) is 6.61. The molecule has 0 saturated carbocycles. The maximum atomic E-state index is 12.0. The maximum Gasteiger partial charge on any atom is 0.341 e. The average Bonchev–Trinajstić information content (AvgIpc) is 2.52. The lowest BCUT2D eigenvalue weighted by Crippen LogP contribution is -2.15. The van der Waals surface area contributed by atoms with Gasteiger partial charge in [-0.15, -0.1) is 0 Å². The Morgan fingerprint density at radius 2 is 1.67 bits per heavy atom. The molecule has 0 aliphatic carbocycles. The zero-order chi connectivity index (χ0) is 16.0. The molecule has 1 unspecified atom stereocenters. The average molecular weight is 298 g/mol. The van der Waals surface area contributed by atoms with E-state index in [9.17, 15) is 4.79 Å². The molecule has 0 aliphatic rings. The zero-order valence-electron chi connectivity index (χ0n) is 13.3. The summed E-state index contributed by atoms with van der Waals surface area (Å²) in [6, 6.07) is 1.52. The highest BCUT2D eigenvalue weighted by atomic mass is 16.6. The van der Waals surface area contributed by atoms with E-state index in [1.54, 1.807) is 0 Å². The summed E-state index contributed by atoms with van der Waals surface area (Å²) in [5.41, 5.74) is 0.229. The predicted octanol–water partition coefficient (Wildman–Crippen LogP) is 2.68. The van der Waals surface area contributed by atoms with Crippen molar-refractivity contribution in [1.82, 2.24) is 0 Å². The fraction of sp³-hybridized carbons (Fsp3) is 0.533. The molecule has 118 valence electrons. The van der Waals surface area contributed by atoms with Gasteiger partial charge in [0, 0.05) is 6.07 Å². The molecular formula is C15H22O6. The molecule has 0 saturated heterocycles. The molecule has 0 aliphatic heterocycles. The summed E-state index contributed by atoms with van der Waals surface area (Å²) >= 11 is 0. The van der Waals surface area contributed by atoms with Crippen LogP contribution >= 0.6 is 0 Å². The third-order valence-corrected chi connectivity index (χ3v) is 3.08. The van der Waals surface area contributed by atoms with Crippen LogP contribution in [0.2, 0.25) is 0 Å². The lowest BCUT2D eigenvalue weighted by atomic mass is 10.1. The number of carbonyl (C=O) groups excluding carboxylic acids is 1. The van der Waals surface area contributed by atoms with Gasteiger partial charge in [-0.05, 0) is 13.3 Å². The van der Waals surface area contributed by atoms with Crippen LogP contribution in [0, 0.1) is 0 Å². The highest BCUT2D eigenvalue weighted by Gasteiger charge is 2.27. The van der Waals surface area contributed by atoms with Crippen LogP contribution in [0.1, 0.15) is 30.6 Å². The number of carbonyl (C=O) groups is 1. The van der Waals surface area contributed by atoms with Crippen molar-refractivity contribution in [2.45, 2.75) is 26.4 Å². The van der Waals surface area contributed by atoms with Crippen LogP contribution in [-0.4, -0.2) is 40.5 Å². The van der Waals surface area contributed by atoms with E-state index in [1.165, 1.54) is 34.5 Å². The number of methoxy groups -OCH3 is 4. The van der Waals surface area contributed by atoms with Gasteiger partial charge >= 0.3 is 5.97 Å². The second kappa shape index (κ2) is 7.61. The lowest BCUT2D eigenvalue weighted by Gasteiger charge is -2.21. The van der Waals surface area contributed by atoms with E-state index >= 15 is 0 Å². The number of benzene rings is 1. The van der Waals surface area contributed by atoms with E-state index in [-0.39, 0.29) is 17.4 Å². The monoisotopic (exact) mass is 298 g/mol. The van der Waals surface area contributed by atoms with Crippen LogP contribution < -0.4 is 18.9 Å². The quantitative estimate of drug-likeness (QED) is 0.721. The van der Waals surface area contributed by atoms with Gasteiger partial charge in [0.1, 0.15) is 5.56 Å². The predicted molar refractivity (Wildman–Crippen MR) is 77.8 cm³/mol. The van der Waals surface area contributed by atoms with Crippen molar-refractivity contribution in [2.24, 2.45) is 0 Å². The molecule has 6 heteroatoms. The number of hydrogen-bond donors (Lipinski definition) is 0. The van der Waals surface area contributed by atoms with E-state index in [0.717, 1.165) is 6.42 Å². The van der Waals surface area contributed by atoms with Crippen LogP contribution in [0.25, 0.3) is 0 Å². The Labute approximate surface area is 124 Å². The van der Waals surface area contributed by atoms with Gasteiger partial charge in [-0.3, -0.25) is 0 Å². The van der Waals surface area contributed by atoms with Gasteiger partial charge in [-0.25, -0.2) is 4.79 Å². The van der Waals surface area contributed by atoms with Gasteiger partial charge in [0.05, 0.1) is 34.5 Å². The van der Waals surface area contributed by atoms with Gasteiger partial charge in [-0.1, -0.05) is 6.92 Å². The minimum Gasteiger partial charge on any atom is -0.493 e. The van der Waals surface area contributed by atoms with Crippen molar-refractivity contribution in [2.75, 3.05) is 28.4 Å². The molecule has 0 N–H and O–H groups in total. The molecule has 1 aromatic carbocycles. The first-order chi connectivity index (χ1) is 10.0. The Morgan fingerprint density at radius 3 is 2.10 bits per heavy atom. The number of esters is 1. The number of rotatable bonds is 7. The summed E-state index contributed by atoms with van der Waals surface area (Å²) in [6.07, 6.45) is 0.679. The maximum absolute atomic E-state index is 12.0. The van der Waals surface area contributed by atoms with Gasteiger partial charge < -0.3 is 23.7 Å². The fourth-order valence-corrected chi connectivity index (χ4v) is 1.79. The lowest BCUT2D eigenvalue weighted by molar-refractivity contribution is 0.0591. The van der Waals surface area contributed by atoms with E-state index in [0.29, 0.717) is 17.2 Å². The topological polar surface area (TPSA) is 63.2 Å². The summed E-state index contributed by atoms with van der Waals surface area (Å²) in [4.78, 5) is 12.0. The van der Waals surface area contributed by atoms with Crippen LogP contribution in [0.4, 0.5) is 0 Å². The Balaban J connectivity index is 3.56. The molecule has 0 spiro atoms. The first kappa shape index (κ1) is 16.9. The second-order valence-corrected chi connectivity index (χ2v) is 4.35. The third-order valence-electron chi connectivity index (χ3n) is 3.08. The SMILES string of the molecule is CCC(C)Oc1c(C(=O)OC)cc(OC)c(OC)c1OC. The summed E-state index contributed by atoms with van der Waals surface area (Å²) in [5, 5.41) is 0. The van der Waals surface area contributed by atoms with E-state index in [1.807, 2.05) is 13.8 Å². The third kappa shape index (κ3) is 3.51. The smallest absolute Gasteiger partial charge is 0.341 e. The summed E-state index contributed by atoms with van der Waals surface area (Å²) in [6.45, 7) is 3.88. The van der Waals surface area contributed by atoms with Crippen LogP contribution in [0.3, 0.4) is 0 Å². The molecule has 6 nitrogen and oxygen atoms in total. The molecule has 1 atom stereocenters. The van der Waals surface area contributed by atoms with Crippen molar-refractivity contribution in [3.8, 4) is 23.0 Å². The Bertz CT molecular complexity index is 497. The van der Waals surface area contributed by atoms with E-state index in [4.69, 9.17) is 23.7 Å². The Kier molecular flexibility index (Phi) is 6.14. The molecule has 1 aromatic rings. The van der Waals surface area contributed by atoms with Crippen LogP contribution in [-0.2, 0) is 4.74 Å². The summed E-state index contributed by atoms with van der Waals surface area (Å²) in [7, 11) is 5.75. The van der Waals surface area contributed by atoms with Crippen LogP contribution in [0.15, 0.2) is 6.07 Å². The normalized spacial score (nSPS) is 11.5. The standard InChI is InChI=1S/C15H22O6/c1-7-9(2)21-12-10(15(16)20-6)8-11(17-3)13(18-4)14(12)19-5/h8-9H,7H2,1-6H3. The molecule has 0 bridgehead atoms. The van der Waals surface area contributed by atoms with Crippen molar-refractivity contribution in [3.63, 3.8) is 0 Å². The van der Waals surface area contributed by atoms with E-state index < -0.39 is 5.97 Å². The van der Waals surface area contributed by atoms with Gasteiger partial charge in [-0.2, -0.15) is 0 Å². The molecule has 1 rings (SSSR count). The van der Waals surface area contributed by atoms with E-state index in [2.05, 4.69) is 0 Å². The molecule has 0 radical (unpaired) electrons. The Morgan fingerprint density at radius 1 is 1.05 bits per heavy atom. The highest BCUT2D eigenvalue weighted by Crippen LogP contribution is 2.47. The molecule has 0 fully saturated rings. The molecule has 0 amide bonds. The summed E-state index contributed by atoms with van der Waals surface area (Å²) in [5.74, 6) is 0.790. The minimum atomic E-state index is -0.535. The van der Waals surface area contributed by atoms with Gasteiger partial charge in [0.25, 0.3) is 0 Å². The summed E-state index contributed by atoms with van der Waals surface area (Å²) < 4.78 is 26.5. The molecule has 0 aromatic heterocycles. The van der Waals surface area contributed by atoms with Gasteiger partial charge in [0.2, 0.25) is 11.5 Å². The van der Waals surface area contributed by atoms with Crippen molar-refractivity contribution < 1.29 is 28.5 Å². The largest absolute Gasteiger partial charge is 0.493 e. The second-order valence-electron chi connectivity index (χ2n) is 4.35. The zero-order valence-corrected chi connectivity index (χ0v) is 13.3. The van der Waals surface area contributed by atoms with Gasteiger partial charge in [0.15, 0.2) is 11.5 Å². The number of hydrogen-bond acceptors (Lipinski definition) is 6. The molecule has 0 heterocycles. The van der Waals surface area contributed by atoms with Crippen molar-refractivity contribution >= 4 is 5.97 Å². The number of ether oxygens (including phenoxy) is 5. The van der Waals surface area contributed by atoms with Crippen molar-refractivity contribution in [3.05, 3.63) is 11.6 Å². The molecular weight excluding hydrogens is 276 g/mol. The van der Waals surface area contributed by atoms with Crippen molar-refractivity contribution in [1.29, 1.82) is 0 Å². The molecule has 21 heavy (non-hydrogen) atoms. The fourth-order valence-electron chi connectivity index (χ4n) is 1.79.